The standard InChI is InChI=1S/C39H46ClN5O3/c1-24-5-8-28(9-6-24)26(3)43-23-33-15-16-37(48-33)35-19-34(36(40)20-38(35)47-4)39(46)45-32(22-44-31-13-11-30(42)12-14-31)18-27-7-10-29(21-41)25(2)17-27/h5-10,15-17,19-20,26,30-32,43-44H,11-14,18,22-23,42H2,1-4H3,(H,45,46)/t26?,30-,31+,32?. The van der Waals surface area contributed by atoms with E-state index >= 15 is 0 Å². The van der Waals surface area contributed by atoms with Crippen molar-refractivity contribution in [2.45, 2.75) is 83.6 Å². The van der Waals surface area contributed by atoms with E-state index in [9.17, 15) is 10.1 Å². The van der Waals surface area contributed by atoms with E-state index in [1.54, 1.807) is 19.2 Å². The van der Waals surface area contributed by atoms with Crippen LogP contribution in [0.4, 0.5) is 0 Å². The Morgan fingerprint density at radius 2 is 1.81 bits per heavy atom. The van der Waals surface area contributed by atoms with Crippen molar-refractivity contribution >= 4 is 17.5 Å². The molecule has 4 aromatic rings. The van der Waals surface area contributed by atoms with Crippen LogP contribution in [0.1, 0.15) is 82.6 Å². The van der Waals surface area contributed by atoms with E-state index < -0.39 is 0 Å². The molecule has 1 aliphatic rings. The second-order valence-corrected chi connectivity index (χ2v) is 13.4. The summed E-state index contributed by atoms with van der Waals surface area (Å²) in [6.45, 7) is 7.25. The van der Waals surface area contributed by atoms with Crippen LogP contribution < -0.4 is 26.4 Å². The van der Waals surface area contributed by atoms with Crippen LogP contribution in [0.25, 0.3) is 11.3 Å². The van der Waals surface area contributed by atoms with E-state index in [4.69, 9.17) is 26.5 Å². The molecular weight excluding hydrogens is 622 g/mol. The maximum Gasteiger partial charge on any atom is 0.253 e. The number of furan rings is 1. The maximum atomic E-state index is 13.9. The van der Waals surface area contributed by atoms with Crippen molar-refractivity contribution in [3.8, 4) is 23.1 Å². The minimum absolute atomic E-state index is 0.144. The highest BCUT2D eigenvalue weighted by atomic mass is 35.5. The lowest BCUT2D eigenvalue weighted by molar-refractivity contribution is 0.0935. The fraction of sp³-hybridized carbons (Fsp3) is 0.385. The molecule has 2 unspecified atom stereocenters. The number of hydrogen-bond donors (Lipinski definition) is 4. The zero-order chi connectivity index (χ0) is 34.2. The summed E-state index contributed by atoms with van der Waals surface area (Å²) in [4.78, 5) is 13.9. The van der Waals surface area contributed by atoms with E-state index in [1.165, 1.54) is 11.1 Å². The molecule has 1 saturated carbocycles. The smallest absolute Gasteiger partial charge is 0.253 e. The summed E-state index contributed by atoms with van der Waals surface area (Å²) in [7, 11) is 1.57. The zero-order valence-electron chi connectivity index (χ0n) is 28.2. The van der Waals surface area contributed by atoms with E-state index in [1.807, 2.05) is 37.3 Å². The quantitative estimate of drug-likeness (QED) is 0.119. The molecule has 0 saturated heterocycles. The molecule has 0 spiro atoms. The van der Waals surface area contributed by atoms with E-state index in [0.717, 1.165) is 42.6 Å². The Balaban J connectivity index is 1.32. The van der Waals surface area contributed by atoms with Crippen molar-refractivity contribution in [2.24, 2.45) is 5.73 Å². The Hall–Kier alpha value is -4.13. The fourth-order valence-corrected chi connectivity index (χ4v) is 6.51. The number of aryl methyl sites for hydroxylation is 2. The number of nitriles is 1. The minimum atomic E-state index is -0.285. The highest BCUT2D eigenvalue weighted by Crippen LogP contribution is 2.36. The van der Waals surface area contributed by atoms with Crippen molar-refractivity contribution in [2.75, 3.05) is 13.7 Å². The zero-order valence-corrected chi connectivity index (χ0v) is 29.0. The number of halogens is 1. The number of amides is 1. The molecule has 2 atom stereocenters. The Bertz CT molecular complexity index is 1740. The number of nitrogens with zero attached hydrogens (tertiary/aromatic N) is 1. The van der Waals surface area contributed by atoms with Crippen LogP contribution in [0.3, 0.4) is 0 Å². The van der Waals surface area contributed by atoms with Crippen LogP contribution in [0.15, 0.2) is 71.1 Å². The van der Waals surface area contributed by atoms with Crippen LogP contribution in [-0.4, -0.2) is 37.7 Å². The third-order valence-corrected chi connectivity index (χ3v) is 9.59. The molecule has 1 heterocycles. The van der Waals surface area contributed by atoms with Crippen LogP contribution >= 0.6 is 11.6 Å². The van der Waals surface area contributed by atoms with Gasteiger partial charge >= 0.3 is 0 Å². The molecular formula is C39H46ClN5O3. The SMILES string of the molecule is COc1cc(Cl)c(C(=O)NC(CN[C@H]2CC[C@@H](N)CC2)Cc2ccc(C#N)c(C)c2)cc1-c1ccc(CNC(C)c2ccc(C)cc2)o1. The molecule has 9 heteroatoms. The average molecular weight is 668 g/mol. The molecule has 1 aliphatic carbocycles. The van der Waals surface area contributed by atoms with Crippen LogP contribution in [0, 0.1) is 25.2 Å². The van der Waals surface area contributed by atoms with Gasteiger partial charge in [0.05, 0.1) is 41.4 Å². The Morgan fingerprint density at radius 1 is 1.06 bits per heavy atom. The largest absolute Gasteiger partial charge is 0.496 e. The summed E-state index contributed by atoms with van der Waals surface area (Å²) < 4.78 is 11.9. The van der Waals surface area contributed by atoms with Gasteiger partial charge in [-0.25, -0.2) is 0 Å². The minimum Gasteiger partial charge on any atom is -0.496 e. The first-order valence-corrected chi connectivity index (χ1v) is 17.1. The van der Waals surface area contributed by atoms with Gasteiger partial charge in [-0.3, -0.25) is 4.79 Å². The van der Waals surface area contributed by atoms with Gasteiger partial charge < -0.3 is 30.8 Å². The van der Waals surface area contributed by atoms with Gasteiger partial charge in [0.25, 0.3) is 5.91 Å². The first kappa shape index (κ1) is 35.2. The fourth-order valence-electron chi connectivity index (χ4n) is 6.27. The van der Waals surface area contributed by atoms with Crippen molar-refractivity contribution < 1.29 is 13.9 Å². The third kappa shape index (κ3) is 9.06. The summed E-state index contributed by atoms with van der Waals surface area (Å²) in [5.74, 6) is 1.57. The van der Waals surface area contributed by atoms with E-state index in [0.29, 0.717) is 53.8 Å². The summed E-state index contributed by atoms with van der Waals surface area (Å²) >= 11 is 6.69. The van der Waals surface area contributed by atoms with Crippen LogP contribution in [-0.2, 0) is 13.0 Å². The lowest BCUT2D eigenvalue weighted by Gasteiger charge is -2.29. The molecule has 0 aliphatic heterocycles. The number of nitrogens with one attached hydrogen (secondary N) is 3. The topological polar surface area (TPSA) is 125 Å². The van der Waals surface area contributed by atoms with E-state index in [2.05, 4.69) is 60.1 Å². The monoisotopic (exact) mass is 667 g/mol. The second kappa shape index (κ2) is 16.3. The molecule has 1 aromatic heterocycles. The lowest BCUT2D eigenvalue weighted by Crippen LogP contribution is -2.47. The van der Waals surface area contributed by atoms with Gasteiger partial charge in [-0.05, 0) is 93.8 Å². The molecule has 252 valence electrons. The number of ether oxygens (including phenoxy) is 1. The van der Waals surface area contributed by atoms with Gasteiger partial charge in [-0.1, -0.05) is 53.6 Å². The molecule has 5 N–H and O–H groups in total. The summed E-state index contributed by atoms with van der Waals surface area (Å²) in [5.41, 5.74) is 12.1. The number of hydrogen-bond acceptors (Lipinski definition) is 7. The highest BCUT2D eigenvalue weighted by Gasteiger charge is 2.24. The molecule has 1 amide bonds. The predicted molar refractivity (Wildman–Crippen MR) is 191 cm³/mol. The maximum absolute atomic E-state index is 13.9. The van der Waals surface area contributed by atoms with Gasteiger partial charge in [0.1, 0.15) is 17.3 Å². The van der Waals surface area contributed by atoms with Crippen molar-refractivity contribution in [1.82, 2.24) is 16.0 Å². The lowest BCUT2D eigenvalue weighted by atomic mass is 9.91. The average Bonchev–Trinajstić information content (AvgIpc) is 3.56. The van der Waals surface area contributed by atoms with E-state index in [-0.39, 0.29) is 29.1 Å². The Morgan fingerprint density at radius 3 is 2.50 bits per heavy atom. The highest BCUT2D eigenvalue weighted by molar-refractivity contribution is 6.34. The van der Waals surface area contributed by atoms with Gasteiger partial charge in [0.2, 0.25) is 0 Å². The molecule has 0 bridgehead atoms. The van der Waals surface area contributed by atoms with Gasteiger partial charge in [-0.15, -0.1) is 0 Å². The number of carbonyl (C=O) groups is 1. The van der Waals surface area contributed by atoms with Gasteiger partial charge in [0.15, 0.2) is 0 Å². The number of benzene rings is 3. The first-order chi connectivity index (χ1) is 23.1. The molecule has 3 aromatic carbocycles. The summed E-state index contributed by atoms with van der Waals surface area (Å²) in [6, 6.07) is 24.3. The number of rotatable bonds is 13. The van der Waals surface area contributed by atoms with Crippen molar-refractivity contribution in [3.63, 3.8) is 0 Å². The third-order valence-electron chi connectivity index (χ3n) is 9.27. The second-order valence-electron chi connectivity index (χ2n) is 13.0. The Kier molecular flexibility index (Phi) is 12.0. The van der Waals surface area contributed by atoms with Gasteiger partial charge in [-0.2, -0.15) is 5.26 Å². The molecule has 48 heavy (non-hydrogen) atoms. The molecule has 1 fully saturated rings. The number of nitrogens with two attached hydrogens (primary N) is 1. The summed E-state index contributed by atoms with van der Waals surface area (Å²) in [6.07, 6.45) is 4.59. The Labute approximate surface area is 289 Å². The van der Waals surface area contributed by atoms with Crippen molar-refractivity contribution in [3.05, 3.63) is 111 Å². The number of methoxy groups -OCH3 is 1. The molecule has 8 nitrogen and oxygen atoms in total. The predicted octanol–water partition coefficient (Wildman–Crippen LogP) is 7.15. The first-order valence-electron chi connectivity index (χ1n) is 16.7. The summed E-state index contributed by atoms with van der Waals surface area (Å²) in [5, 5.41) is 20.1. The van der Waals surface area contributed by atoms with Crippen molar-refractivity contribution in [1.29, 1.82) is 5.26 Å². The molecule has 5 rings (SSSR count). The van der Waals surface area contributed by atoms with Crippen LogP contribution in [0.2, 0.25) is 5.02 Å². The number of carbonyl (C=O) groups excluding carboxylic acids is 1. The molecule has 0 radical (unpaired) electrons. The van der Waals surface area contributed by atoms with Gasteiger partial charge in [0, 0.05) is 36.8 Å². The normalized spacial score (nSPS) is 17.4. The van der Waals surface area contributed by atoms with Crippen LogP contribution in [0.5, 0.6) is 5.75 Å².